The molecule has 0 aliphatic heterocycles. The van der Waals surface area contributed by atoms with E-state index in [1.54, 1.807) is 30.3 Å². The number of unbranched alkanes of at least 4 members (excludes halogenated alkanes) is 2. The second kappa shape index (κ2) is 12.4. The van der Waals surface area contributed by atoms with E-state index in [-0.39, 0.29) is 18.4 Å². The molecule has 2 unspecified atom stereocenters. The first kappa shape index (κ1) is 24.8. The van der Waals surface area contributed by atoms with E-state index in [0.29, 0.717) is 40.7 Å². The number of benzene rings is 2. The van der Waals surface area contributed by atoms with Crippen molar-refractivity contribution < 1.29 is 34.0 Å². The molecule has 0 bridgehead atoms. The van der Waals surface area contributed by atoms with Crippen molar-refractivity contribution in [2.24, 2.45) is 0 Å². The molecule has 0 aromatic heterocycles. The van der Waals surface area contributed by atoms with Gasteiger partial charge in [0.25, 0.3) is 0 Å². The standard InChI is InChI=1S/C24H32O7/c1-4-6-8-22(26)30-20-12-13-21(31-23(27)9-7-5-2)18-14-16(10-11-17(18)20)15-19(25)24(28)29-3/h10-14,19,24-25,28H,4-9,15H2,1-3H3. The molecule has 2 aromatic rings. The predicted octanol–water partition coefficient (Wildman–Crippen LogP) is 3.90. The lowest BCUT2D eigenvalue weighted by Crippen LogP contribution is -2.29. The van der Waals surface area contributed by atoms with E-state index >= 15 is 0 Å². The Morgan fingerprint density at radius 2 is 1.42 bits per heavy atom. The van der Waals surface area contributed by atoms with Gasteiger partial charge in [-0.15, -0.1) is 0 Å². The number of ether oxygens (including phenoxy) is 3. The zero-order chi connectivity index (χ0) is 22.8. The zero-order valence-electron chi connectivity index (χ0n) is 18.4. The minimum Gasteiger partial charge on any atom is -0.426 e. The summed E-state index contributed by atoms with van der Waals surface area (Å²) < 4.78 is 15.9. The topological polar surface area (TPSA) is 102 Å². The third-order valence-corrected chi connectivity index (χ3v) is 4.93. The summed E-state index contributed by atoms with van der Waals surface area (Å²) in [4.78, 5) is 24.3. The molecule has 0 amide bonds. The minimum atomic E-state index is -1.31. The molecule has 2 N–H and O–H groups in total. The van der Waals surface area contributed by atoms with Gasteiger partial charge in [0.2, 0.25) is 0 Å². The molecule has 31 heavy (non-hydrogen) atoms. The number of hydrogen-bond acceptors (Lipinski definition) is 7. The maximum Gasteiger partial charge on any atom is 0.311 e. The summed E-state index contributed by atoms with van der Waals surface area (Å²) in [5.74, 6) is 0.0798. The van der Waals surface area contributed by atoms with Crippen molar-refractivity contribution in [3.8, 4) is 11.5 Å². The summed E-state index contributed by atoms with van der Waals surface area (Å²) in [5, 5.41) is 21.0. The van der Waals surface area contributed by atoms with E-state index in [4.69, 9.17) is 14.2 Å². The maximum absolute atomic E-state index is 12.2. The van der Waals surface area contributed by atoms with E-state index in [2.05, 4.69) is 0 Å². The van der Waals surface area contributed by atoms with Gasteiger partial charge in [0.05, 0.1) is 0 Å². The Bertz CT molecular complexity index is 878. The normalized spacial score (nSPS) is 13.1. The van der Waals surface area contributed by atoms with Crippen LogP contribution in [-0.4, -0.2) is 41.7 Å². The second-order valence-corrected chi connectivity index (χ2v) is 7.49. The molecule has 0 saturated heterocycles. The zero-order valence-corrected chi connectivity index (χ0v) is 18.4. The van der Waals surface area contributed by atoms with Crippen molar-refractivity contribution in [2.45, 2.75) is 71.2 Å². The number of methoxy groups -OCH3 is 1. The van der Waals surface area contributed by atoms with Crippen LogP contribution in [0.3, 0.4) is 0 Å². The third-order valence-electron chi connectivity index (χ3n) is 4.93. The van der Waals surface area contributed by atoms with Crippen molar-refractivity contribution in [3.05, 3.63) is 35.9 Å². The second-order valence-electron chi connectivity index (χ2n) is 7.49. The van der Waals surface area contributed by atoms with Crippen LogP contribution in [0.4, 0.5) is 0 Å². The van der Waals surface area contributed by atoms with E-state index in [1.165, 1.54) is 7.11 Å². The molecule has 0 heterocycles. The molecule has 2 aromatic carbocycles. The number of esters is 2. The summed E-state index contributed by atoms with van der Waals surface area (Å²) in [6, 6.07) is 8.51. The van der Waals surface area contributed by atoms with Crippen LogP contribution >= 0.6 is 0 Å². The highest BCUT2D eigenvalue weighted by Gasteiger charge is 2.18. The van der Waals surface area contributed by atoms with Crippen molar-refractivity contribution in [1.29, 1.82) is 0 Å². The highest BCUT2D eigenvalue weighted by Crippen LogP contribution is 2.35. The van der Waals surface area contributed by atoms with E-state index < -0.39 is 12.4 Å². The van der Waals surface area contributed by atoms with Crippen molar-refractivity contribution >= 4 is 22.7 Å². The summed E-state index contributed by atoms with van der Waals surface area (Å²) in [6.45, 7) is 4.00. The minimum absolute atomic E-state index is 0.134. The molecule has 7 heteroatoms. The SMILES string of the molecule is CCCCC(=O)Oc1ccc(OC(=O)CCCC)c2cc(CC(O)C(O)OC)ccc12. The maximum atomic E-state index is 12.2. The van der Waals surface area contributed by atoms with E-state index in [9.17, 15) is 19.8 Å². The Labute approximate surface area is 182 Å². The van der Waals surface area contributed by atoms with Gasteiger partial charge in [0, 0.05) is 37.1 Å². The molecule has 0 aliphatic carbocycles. The molecule has 7 nitrogen and oxygen atoms in total. The lowest BCUT2D eigenvalue weighted by molar-refractivity contribution is -0.143. The first-order valence-corrected chi connectivity index (χ1v) is 10.8. The average molecular weight is 433 g/mol. The molecular weight excluding hydrogens is 400 g/mol. The Morgan fingerprint density at radius 1 is 0.871 bits per heavy atom. The smallest absolute Gasteiger partial charge is 0.311 e. The van der Waals surface area contributed by atoms with Gasteiger partial charge >= 0.3 is 11.9 Å². The van der Waals surface area contributed by atoms with Gasteiger partial charge in [0.1, 0.15) is 17.6 Å². The summed E-state index contributed by atoms with van der Waals surface area (Å²) in [5.41, 5.74) is 0.705. The number of aliphatic hydroxyl groups excluding tert-OH is 2. The van der Waals surface area contributed by atoms with Gasteiger partial charge in [-0.3, -0.25) is 9.59 Å². The van der Waals surface area contributed by atoms with Gasteiger partial charge in [0.15, 0.2) is 6.29 Å². The van der Waals surface area contributed by atoms with Crippen LogP contribution in [0.15, 0.2) is 30.3 Å². The fourth-order valence-electron chi connectivity index (χ4n) is 3.13. The first-order valence-electron chi connectivity index (χ1n) is 10.8. The highest BCUT2D eigenvalue weighted by atomic mass is 16.6. The summed E-state index contributed by atoms with van der Waals surface area (Å²) >= 11 is 0. The van der Waals surface area contributed by atoms with Crippen LogP contribution in [-0.2, 0) is 20.7 Å². The van der Waals surface area contributed by atoms with Gasteiger partial charge in [-0.1, -0.05) is 38.8 Å². The number of carbonyl (C=O) groups excluding carboxylic acids is 2. The lowest BCUT2D eigenvalue weighted by atomic mass is 10.0. The molecular formula is C24H32O7. The monoisotopic (exact) mass is 432 g/mol. The van der Waals surface area contributed by atoms with Crippen LogP contribution in [0.1, 0.15) is 57.9 Å². The molecule has 0 saturated carbocycles. The Kier molecular flexibility index (Phi) is 9.91. The predicted molar refractivity (Wildman–Crippen MR) is 117 cm³/mol. The molecule has 0 aliphatic rings. The molecule has 2 rings (SSSR count). The molecule has 0 fully saturated rings. The number of aliphatic hydroxyl groups is 2. The molecule has 0 radical (unpaired) electrons. The third kappa shape index (κ3) is 7.31. The van der Waals surface area contributed by atoms with Gasteiger partial charge in [-0.2, -0.15) is 0 Å². The van der Waals surface area contributed by atoms with Crippen LogP contribution in [0.2, 0.25) is 0 Å². The van der Waals surface area contributed by atoms with Crippen LogP contribution < -0.4 is 9.47 Å². The largest absolute Gasteiger partial charge is 0.426 e. The fourth-order valence-corrected chi connectivity index (χ4v) is 3.13. The van der Waals surface area contributed by atoms with Crippen LogP contribution in [0.5, 0.6) is 11.5 Å². The molecule has 170 valence electrons. The Morgan fingerprint density at radius 3 is 1.94 bits per heavy atom. The van der Waals surface area contributed by atoms with Crippen molar-refractivity contribution in [3.63, 3.8) is 0 Å². The van der Waals surface area contributed by atoms with Crippen molar-refractivity contribution in [1.82, 2.24) is 0 Å². The van der Waals surface area contributed by atoms with E-state index in [0.717, 1.165) is 25.7 Å². The molecule has 0 spiro atoms. The lowest BCUT2D eigenvalue weighted by Gasteiger charge is -2.17. The quantitative estimate of drug-likeness (QED) is 0.298. The average Bonchev–Trinajstić information content (AvgIpc) is 2.77. The van der Waals surface area contributed by atoms with Crippen molar-refractivity contribution in [2.75, 3.05) is 7.11 Å². The highest BCUT2D eigenvalue weighted by molar-refractivity contribution is 5.96. The van der Waals surface area contributed by atoms with Gasteiger partial charge < -0.3 is 24.4 Å². The first-order chi connectivity index (χ1) is 14.9. The number of fused-ring (bicyclic) bond motifs is 1. The van der Waals surface area contributed by atoms with E-state index in [1.807, 2.05) is 13.8 Å². The summed E-state index contributed by atoms with van der Waals surface area (Å²) in [6.07, 6.45) is 1.59. The van der Waals surface area contributed by atoms with Crippen LogP contribution in [0, 0.1) is 0 Å². The number of rotatable bonds is 12. The summed E-state index contributed by atoms with van der Waals surface area (Å²) in [7, 11) is 1.31. The van der Waals surface area contributed by atoms with Gasteiger partial charge in [-0.05, 0) is 36.6 Å². The number of hydrogen-bond donors (Lipinski definition) is 2. The Hall–Kier alpha value is -2.48. The van der Waals surface area contributed by atoms with Crippen LogP contribution in [0.25, 0.3) is 10.8 Å². The fraction of sp³-hybridized carbons (Fsp3) is 0.500. The Balaban J connectivity index is 2.38. The van der Waals surface area contributed by atoms with Gasteiger partial charge in [-0.25, -0.2) is 0 Å². The molecule has 2 atom stereocenters. The number of carbonyl (C=O) groups is 2.